The molecule has 0 saturated carbocycles. The molecule has 0 heterocycles. The molecule has 0 unspecified atom stereocenters. The van der Waals surface area contributed by atoms with Crippen molar-refractivity contribution in [2.45, 2.75) is 19.9 Å². The van der Waals surface area contributed by atoms with E-state index in [4.69, 9.17) is 23.2 Å². The molecule has 0 spiro atoms. The van der Waals surface area contributed by atoms with Crippen molar-refractivity contribution >= 4 is 35.0 Å². The van der Waals surface area contributed by atoms with Gasteiger partial charge in [0.1, 0.15) is 0 Å². The fraction of sp³-hybridized carbons (Fsp3) is 0.263. The van der Waals surface area contributed by atoms with Crippen LogP contribution >= 0.6 is 23.2 Å². The van der Waals surface area contributed by atoms with E-state index < -0.39 is 0 Å². The second-order valence-corrected chi connectivity index (χ2v) is 6.34. The average molecular weight is 379 g/mol. The summed E-state index contributed by atoms with van der Waals surface area (Å²) in [4.78, 5) is 26.0. The van der Waals surface area contributed by atoms with Gasteiger partial charge in [0.15, 0.2) is 0 Å². The van der Waals surface area contributed by atoms with Crippen LogP contribution in [-0.2, 0) is 11.3 Å². The van der Waals surface area contributed by atoms with Crippen LogP contribution in [-0.4, -0.2) is 29.8 Å². The molecule has 2 aromatic rings. The molecule has 2 rings (SSSR count). The van der Waals surface area contributed by atoms with Crippen molar-refractivity contribution in [3.05, 3.63) is 69.7 Å². The van der Waals surface area contributed by atoms with Crippen LogP contribution in [0.2, 0.25) is 10.0 Å². The molecule has 0 bridgehead atoms. The van der Waals surface area contributed by atoms with Crippen LogP contribution in [0.3, 0.4) is 0 Å². The Labute approximate surface area is 157 Å². The van der Waals surface area contributed by atoms with Crippen LogP contribution < -0.4 is 5.32 Å². The highest BCUT2D eigenvalue weighted by Gasteiger charge is 2.13. The molecule has 132 valence electrons. The Morgan fingerprint density at radius 3 is 2.40 bits per heavy atom. The average Bonchev–Trinajstić information content (AvgIpc) is 2.63. The zero-order valence-electron chi connectivity index (χ0n) is 14.0. The minimum absolute atomic E-state index is 0.0260. The van der Waals surface area contributed by atoms with Gasteiger partial charge in [0.2, 0.25) is 5.91 Å². The Hall–Kier alpha value is -2.04. The number of nitrogens with zero attached hydrogens (tertiary/aromatic N) is 1. The van der Waals surface area contributed by atoms with Gasteiger partial charge in [-0.25, -0.2) is 0 Å². The second kappa shape index (κ2) is 9.44. The first kappa shape index (κ1) is 19.3. The summed E-state index contributed by atoms with van der Waals surface area (Å²) < 4.78 is 0. The first-order chi connectivity index (χ1) is 12.0. The maximum atomic E-state index is 12.4. The summed E-state index contributed by atoms with van der Waals surface area (Å²) in [6, 6.07) is 14.3. The number of carbonyl (C=O) groups excluding carboxylic acids is 2. The summed E-state index contributed by atoms with van der Waals surface area (Å²) in [5, 5.41) is 3.72. The molecule has 0 aromatic heterocycles. The highest BCUT2D eigenvalue weighted by atomic mass is 35.5. The van der Waals surface area contributed by atoms with Crippen molar-refractivity contribution < 1.29 is 9.59 Å². The van der Waals surface area contributed by atoms with E-state index in [-0.39, 0.29) is 18.2 Å². The predicted octanol–water partition coefficient (Wildman–Crippen LogP) is 4.16. The van der Waals surface area contributed by atoms with E-state index in [0.29, 0.717) is 35.2 Å². The van der Waals surface area contributed by atoms with Gasteiger partial charge in [-0.1, -0.05) is 47.5 Å². The lowest BCUT2D eigenvalue weighted by atomic mass is 10.2. The molecule has 0 aliphatic heterocycles. The molecule has 2 amide bonds. The number of hydrogen-bond acceptors (Lipinski definition) is 2. The Bertz CT molecular complexity index is 735. The minimum atomic E-state index is -0.180. The van der Waals surface area contributed by atoms with Gasteiger partial charge in [0.05, 0.1) is 10.0 Å². The lowest BCUT2D eigenvalue weighted by molar-refractivity contribution is -0.131. The monoisotopic (exact) mass is 378 g/mol. The number of amides is 2. The molecule has 0 fully saturated rings. The number of benzene rings is 2. The summed E-state index contributed by atoms with van der Waals surface area (Å²) in [7, 11) is 0. The van der Waals surface area contributed by atoms with E-state index in [1.54, 1.807) is 41.3 Å². The summed E-state index contributed by atoms with van der Waals surface area (Å²) >= 11 is 11.9. The lowest BCUT2D eigenvalue weighted by Crippen LogP contribution is -2.34. The second-order valence-electron chi connectivity index (χ2n) is 5.53. The SMILES string of the molecule is CCN(Cc1ccc(Cl)c(Cl)c1)C(=O)CCNC(=O)c1ccccc1. The summed E-state index contributed by atoms with van der Waals surface area (Å²) in [6.45, 7) is 3.24. The Balaban J connectivity index is 1.85. The van der Waals surface area contributed by atoms with E-state index in [1.807, 2.05) is 19.1 Å². The molecule has 0 saturated heterocycles. The summed E-state index contributed by atoms with van der Waals surface area (Å²) in [5.74, 6) is -0.206. The first-order valence-electron chi connectivity index (χ1n) is 8.06. The maximum absolute atomic E-state index is 12.4. The fourth-order valence-corrected chi connectivity index (χ4v) is 2.69. The van der Waals surface area contributed by atoms with E-state index in [1.165, 1.54) is 0 Å². The topological polar surface area (TPSA) is 49.4 Å². The molecule has 0 aliphatic carbocycles. The fourth-order valence-electron chi connectivity index (χ4n) is 2.37. The lowest BCUT2D eigenvalue weighted by Gasteiger charge is -2.21. The van der Waals surface area contributed by atoms with E-state index >= 15 is 0 Å². The largest absolute Gasteiger partial charge is 0.352 e. The van der Waals surface area contributed by atoms with Crippen molar-refractivity contribution in [3.8, 4) is 0 Å². The Kier molecular flexibility index (Phi) is 7.29. The van der Waals surface area contributed by atoms with Crippen LogP contribution in [0.15, 0.2) is 48.5 Å². The minimum Gasteiger partial charge on any atom is -0.352 e. The summed E-state index contributed by atoms with van der Waals surface area (Å²) in [6.07, 6.45) is 0.244. The number of hydrogen-bond donors (Lipinski definition) is 1. The third kappa shape index (κ3) is 5.76. The molecule has 0 atom stereocenters. The Morgan fingerprint density at radius 1 is 1.04 bits per heavy atom. The van der Waals surface area contributed by atoms with E-state index in [2.05, 4.69) is 5.32 Å². The quantitative estimate of drug-likeness (QED) is 0.785. The highest BCUT2D eigenvalue weighted by molar-refractivity contribution is 6.42. The molecule has 25 heavy (non-hydrogen) atoms. The van der Waals surface area contributed by atoms with Crippen molar-refractivity contribution in [1.82, 2.24) is 10.2 Å². The van der Waals surface area contributed by atoms with Crippen molar-refractivity contribution in [3.63, 3.8) is 0 Å². The Morgan fingerprint density at radius 2 is 1.76 bits per heavy atom. The van der Waals surface area contributed by atoms with Gasteiger partial charge in [-0.3, -0.25) is 9.59 Å². The van der Waals surface area contributed by atoms with Crippen molar-refractivity contribution in [1.29, 1.82) is 0 Å². The van der Waals surface area contributed by atoms with Gasteiger partial charge in [-0.2, -0.15) is 0 Å². The number of nitrogens with one attached hydrogen (secondary N) is 1. The zero-order chi connectivity index (χ0) is 18.2. The number of carbonyl (C=O) groups is 2. The molecule has 4 nitrogen and oxygen atoms in total. The zero-order valence-corrected chi connectivity index (χ0v) is 15.5. The third-order valence-electron chi connectivity index (χ3n) is 3.75. The van der Waals surface area contributed by atoms with E-state index in [0.717, 1.165) is 5.56 Å². The van der Waals surface area contributed by atoms with Gasteiger partial charge in [0.25, 0.3) is 5.91 Å². The van der Waals surface area contributed by atoms with Crippen LogP contribution in [0.25, 0.3) is 0 Å². The van der Waals surface area contributed by atoms with Crippen molar-refractivity contribution in [2.75, 3.05) is 13.1 Å². The van der Waals surface area contributed by atoms with Gasteiger partial charge in [-0.05, 0) is 36.8 Å². The van der Waals surface area contributed by atoms with Crippen molar-refractivity contribution in [2.24, 2.45) is 0 Å². The molecule has 1 N–H and O–H groups in total. The van der Waals surface area contributed by atoms with Crippen LogP contribution in [0.5, 0.6) is 0 Å². The van der Waals surface area contributed by atoms with E-state index in [9.17, 15) is 9.59 Å². The van der Waals surface area contributed by atoms with Gasteiger partial charge in [-0.15, -0.1) is 0 Å². The predicted molar refractivity (Wildman–Crippen MR) is 101 cm³/mol. The van der Waals surface area contributed by atoms with Crippen LogP contribution in [0.1, 0.15) is 29.3 Å². The van der Waals surface area contributed by atoms with Gasteiger partial charge < -0.3 is 10.2 Å². The number of halogens is 2. The third-order valence-corrected chi connectivity index (χ3v) is 4.49. The molecule has 0 radical (unpaired) electrons. The number of rotatable bonds is 7. The maximum Gasteiger partial charge on any atom is 0.251 e. The summed E-state index contributed by atoms with van der Waals surface area (Å²) in [5.41, 5.74) is 1.50. The molecular weight excluding hydrogens is 359 g/mol. The molecule has 0 aliphatic rings. The molecule has 6 heteroatoms. The van der Waals surface area contributed by atoms with Gasteiger partial charge >= 0.3 is 0 Å². The standard InChI is InChI=1S/C19H20Cl2N2O2/c1-2-23(13-14-8-9-16(20)17(21)12-14)18(24)10-11-22-19(25)15-6-4-3-5-7-15/h3-9,12H,2,10-11,13H2,1H3,(H,22,25). The highest BCUT2D eigenvalue weighted by Crippen LogP contribution is 2.23. The smallest absolute Gasteiger partial charge is 0.251 e. The van der Waals surface area contributed by atoms with Gasteiger partial charge in [0, 0.05) is 31.6 Å². The first-order valence-corrected chi connectivity index (χ1v) is 8.81. The molecule has 2 aromatic carbocycles. The normalized spacial score (nSPS) is 10.4. The van der Waals surface area contributed by atoms with Crippen LogP contribution in [0, 0.1) is 0 Å². The van der Waals surface area contributed by atoms with Crippen LogP contribution in [0.4, 0.5) is 0 Å². The molecular formula is C19H20Cl2N2O2.